The molecule has 1 aromatic carbocycles. The number of nitrogens with zero attached hydrogens (tertiary/aromatic N) is 1. The van der Waals surface area contributed by atoms with Crippen molar-refractivity contribution in [3.8, 4) is 0 Å². The summed E-state index contributed by atoms with van der Waals surface area (Å²) in [6, 6.07) is 11.1. The smallest absolute Gasteiger partial charge is 0.272 e. The van der Waals surface area contributed by atoms with Gasteiger partial charge in [-0.1, -0.05) is 6.07 Å². The first-order valence-electron chi connectivity index (χ1n) is 7.13. The molecule has 3 N–H and O–H groups in total. The van der Waals surface area contributed by atoms with Crippen LogP contribution in [0.25, 0.3) is 0 Å². The molecule has 0 aliphatic carbocycles. The molecule has 0 radical (unpaired) electrons. The number of rotatable bonds is 5. The third kappa shape index (κ3) is 3.36. The molecule has 3 aromatic rings. The third-order valence-corrected chi connectivity index (χ3v) is 4.32. The van der Waals surface area contributed by atoms with Crippen molar-refractivity contribution >= 4 is 28.8 Å². The second-order valence-corrected chi connectivity index (χ2v) is 6.15. The number of hydrogen-bond acceptors (Lipinski definition) is 3. The van der Waals surface area contributed by atoms with Crippen molar-refractivity contribution in [1.29, 1.82) is 0 Å². The van der Waals surface area contributed by atoms with Gasteiger partial charge in [-0.05, 0) is 41.8 Å². The fourth-order valence-corrected chi connectivity index (χ4v) is 3.02. The number of thiophene rings is 1. The molecule has 0 bridgehead atoms. The first-order chi connectivity index (χ1) is 11.5. The summed E-state index contributed by atoms with van der Waals surface area (Å²) < 4.78 is 15.3. The van der Waals surface area contributed by atoms with Crippen molar-refractivity contribution in [2.75, 3.05) is 5.32 Å². The quantitative estimate of drug-likeness (QED) is 0.747. The number of aromatic nitrogens is 1. The van der Waals surface area contributed by atoms with Crippen molar-refractivity contribution < 1.29 is 14.0 Å². The molecule has 0 saturated heterocycles. The van der Waals surface area contributed by atoms with Gasteiger partial charge in [0.1, 0.15) is 11.5 Å². The van der Waals surface area contributed by atoms with E-state index in [9.17, 15) is 14.0 Å². The molecule has 0 fully saturated rings. The van der Waals surface area contributed by atoms with Gasteiger partial charge in [0.25, 0.3) is 11.8 Å². The molecule has 2 amide bonds. The molecule has 2 aromatic heterocycles. The fraction of sp³-hybridized carbons (Fsp3) is 0.0588. The molecular weight excluding hydrogens is 329 g/mol. The van der Waals surface area contributed by atoms with Crippen molar-refractivity contribution in [3.05, 3.63) is 76.0 Å². The monoisotopic (exact) mass is 343 g/mol. The SMILES string of the molecule is NC(=O)c1cc(NC(=O)c2cccn2Cc2cccs2)ccc1F. The predicted molar refractivity (Wildman–Crippen MR) is 90.7 cm³/mol. The Morgan fingerprint density at radius 2 is 2.04 bits per heavy atom. The van der Waals surface area contributed by atoms with Gasteiger partial charge in [0.15, 0.2) is 0 Å². The van der Waals surface area contributed by atoms with E-state index in [4.69, 9.17) is 5.73 Å². The van der Waals surface area contributed by atoms with Gasteiger partial charge in [0.05, 0.1) is 12.1 Å². The number of primary amides is 1. The normalized spacial score (nSPS) is 10.5. The van der Waals surface area contributed by atoms with Crippen molar-refractivity contribution in [2.24, 2.45) is 5.73 Å². The number of nitrogens with two attached hydrogens (primary N) is 1. The minimum atomic E-state index is -0.885. The molecule has 0 atom stereocenters. The van der Waals surface area contributed by atoms with Gasteiger partial charge in [0.2, 0.25) is 0 Å². The summed E-state index contributed by atoms with van der Waals surface area (Å²) in [5, 5.41) is 4.63. The van der Waals surface area contributed by atoms with E-state index < -0.39 is 11.7 Å². The van der Waals surface area contributed by atoms with Crippen LogP contribution in [0, 0.1) is 5.82 Å². The average molecular weight is 343 g/mol. The van der Waals surface area contributed by atoms with E-state index >= 15 is 0 Å². The van der Waals surface area contributed by atoms with Crippen LogP contribution in [0.4, 0.5) is 10.1 Å². The van der Waals surface area contributed by atoms with E-state index in [-0.39, 0.29) is 11.5 Å². The van der Waals surface area contributed by atoms with Gasteiger partial charge in [-0.15, -0.1) is 11.3 Å². The highest BCUT2D eigenvalue weighted by atomic mass is 32.1. The second-order valence-electron chi connectivity index (χ2n) is 5.11. The summed E-state index contributed by atoms with van der Waals surface area (Å²) in [4.78, 5) is 24.8. The first-order valence-corrected chi connectivity index (χ1v) is 8.01. The topological polar surface area (TPSA) is 77.1 Å². The van der Waals surface area contributed by atoms with E-state index in [1.165, 1.54) is 12.1 Å². The van der Waals surface area contributed by atoms with Gasteiger partial charge >= 0.3 is 0 Å². The molecule has 0 aliphatic heterocycles. The van der Waals surface area contributed by atoms with Crippen LogP contribution in [0.1, 0.15) is 25.7 Å². The molecule has 5 nitrogen and oxygen atoms in total. The molecule has 2 heterocycles. The highest BCUT2D eigenvalue weighted by Crippen LogP contribution is 2.17. The van der Waals surface area contributed by atoms with Crippen LogP contribution in [-0.4, -0.2) is 16.4 Å². The molecule has 3 rings (SSSR count). The van der Waals surface area contributed by atoms with Gasteiger partial charge in [0, 0.05) is 16.8 Å². The Morgan fingerprint density at radius 3 is 2.75 bits per heavy atom. The molecule has 0 saturated carbocycles. The maximum absolute atomic E-state index is 13.5. The molecule has 7 heteroatoms. The number of carbonyl (C=O) groups is 2. The lowest BCUT2D eigenvalue weighted by Crippen LogP contribution is -2.18. The lowest BCUT2D eigenvalue weighted by Gasteiger charge is -2.10. The number of hydrogen-bond donors (Lipinski definition) is 2. The molecule has 122 valence electrons. The number of benzene rings is 1. The summed E-state index contributed by atoms with van der Waals surface area (Å²) in [5.74, 6) is -1.95. The standard InChI is InChI=1S/C17H14FN3O2S/c18-14-6-5-11(9-13(14)16(19)22)20-17(23)15-4-1-7-21(15)10-12-3-2-8-24-12/h1-9H,10H2,(H2,19,22)(H,20,23). The lowest BCUT2D eigenvalue weighted by atomic mass is 10.1. The Kier molecular flexibility index (Phi) is 4.43. The zero-order chi connectivity index (χ0) is 17.1. The van der Waals surface area contributed by atoms with Crippen molar-refractivity contribution in [3.63, 3.8) is 0 Å². The van der Waals surface area contributed by atoms with E-state index in [0.29, 0.717) is 17.9 Å². The zero-order valence-electron chi connectivity index (χ0n) is 12.5. The fourth-order valence-electron chi connectivity index (χ4n) is 2.32. The number of halogens is 1. The molecule has 0 aliphatic rings. The van der Waals surface area contributed by atoms with Crippen LogP contribution < -0.4 is 11.1 Å². The van der Waals surface area contributed by atoms with Crippen LogP contribution in [0.3, 0.4) is 0 Å². The molecule has 0 spiro atoms. The molecular formula is C17H14FN3O2S. The highest BCUT2D eigenvalue weighted by molar-refractivity contribution is 7.09. The lowest BCUT2D eigenvalue weighted by molar-refractivity contribution is 0.0991. The molecule has 24 heavy (non-hydrogen) atoms. The number of nitrogens with one attached hydrogen (secondary N) is 1. The van der Waals surface area contributed by atoms with Gasteiger partial charge in [-0.3, -0.25) is 9.59 Å². The van der Waals surface area contributed by atoms with Crippen LogP contribution in [0.15, 0.2) is 54.0 Å². The number of carbonyl (C=O) groups excluding carboxylic acids is 2. The van der Waals surface area contributed by atoms with Crippen molar-refractivity contribution in [2.45, 2.75) is 6.54 Å². The van der Waals surface area contributed by atoms with E-state index in [1.54, 1.807) is 23.5 Å². The first kappa shape index (κ1) is 15.9. The summed E-state index contributed by atoms with van der Waals surface area (Å²) >= 11 is 1.61. The zero-order valence-corrected chi connectivity index (χ0v) is 13.3. The van der Waals surface area contributed by atoms with Crippen LogP contribution >= 0.6 is 11.3 Å². The largest absolute Gasteiger partial charge is 0.366 e. The van der Waals surface area contributed by atoms with E-state index in [0.717, 1.165) is 10.9 Å². The minimum absolute atomic E-state index is 0.262. The van der Waals surface area contributed by atoms with Crippen LogP contribution in [0.5, 0.6) is 0 Å². The molecule has 0 unspecified atom stereocenters. The maximum atomic E-state index is 13.5. The number of amides is 2. The average Bonchev–Trinajstić information content (AvgIpc) is 3.21. The minimum Gasteiger partial charge on any atom is -0.366 e. The Morgan fingerprint density at radius 1 is 1.21 bits per heavy atom. The van der Waals surface area contributed by atoms with Gasteiger partial charge < -0.3 is 15.6 Å². The van der Waals surface area contributed by atoms with Crippen molar-refractivity contribution in [1.82, 2.24) is 4.57 Å². The Hall–Kier alpha value is -2.93. The Labute approximate surface area is 141 Å². The highest BCUT2D eigenvalue weighted by Gasteiger charge is 2.14. The second kappa shape index (κ2) is 6.67. The summed E-state index contributed by atoms with van der Waals surface area (Å²) in [5.41, 5.74) is 5.62. The van der Waals surface area contributed by atoms with Crippen LogP contribution in [-0.2, 0) is 6.54 Å². The van der Waals surface area contributed by atoms with Gasteiger partial charge in [-0.25, -0.2) is 4.39 Å². The number of anilines is 1. The van der Waals surface area contributed by atoms with Crippen LogP contribution in [0.2, 0.25) is 0 Å². The van der Waals surface area contributed by atoms with Gasteiger partial charge in [-0.2, -0.15) is 0 Å². The van der Waals surface area contributed by atoms with E-state index in [2.05, 4.69) is 5.32 Å². The summed E-state index contributed by atoms with van der Waals surface area (Å²) in [6.45, 7) is 0.587. The predicted octanol–water partition coefficient (Wildman–Crippen LogP) is 3.09. The Bertz CT molecular complexity index is 887. The third-order valence-electron chi connectivity index (χ3n) is 3.46. The Balaban J connectivity index is 1.80. The van der Waals surface area contributed by atoms with E-state index in [1.807, 2.05) is 28.3 Å². The maximum Gasteiger partial charge on any atom is 0.272 e. The summed E-state index contributed by atoms with van der Waals surface area (Å²) in [7, 11) is 0. The summed E-state index contributed by atoms with van der Waals surface area (Å²) in [6.07, 6.45) is 1.81.